The lowest BCUT2D eigenvalue weighted by molar-refractivity contribution is 0.0341. The number of carbonyl (C=O) groups excluding carboxylic acids is 1. The van der Waals surface area contributed by atoms with E-state index in [0.29, 0.717) is 23.8 Å². The number of hydrogen-bond acceptors (Lipinski definition) is 3. The van der Waals surface area contributed by atoms with Gasteiger partial charge in [-0.15, -0.1) is 0 Å². The summed E-state index contributed by atoms with van der Waals surface area (Å²) in [5, 5.41) is 3.13. The number of benzene rings is 1. The molecule has 0 bridgehead atoms. The van der Waals surface area contributed by atoms with E-state index in [1.165, 1.54) is 11.1 Å². The van der Waals surface area contributed by atoms with Crippen LogP contribution >= 0.6 is 0 Å². The molecule has 0 unspecified atom stereocenters. The first-order valence-electron chi connectivity index (χ1n) is 9.45. The number of nitrogens with one attached hydrogen (secondary N) is 1. The highest BCUT2D eigenvalue weighted by Crippen LogP contribution is 2.61. The van der Waals surface area contributed by atoms with Crippen LogP contribution in [-0.2, 0) is 17.8 Å². The van der Waals surface area contributed by atoms with Crippen LogP contribution < -0.4 is 5.32 Å². The summed E-state index contributed by atoms with van der Waals surface area (Å²) >= 11 is 0. The Morgan fingerprint density at radius 3 is 2.48 bits per heavy atom. The van der Waals surface area contributed by atoms with Crippen LogP contribution in [0.25, 0.3) is 0 Å². The molecule has 2 heterocycles. The molecule has 5 heteroatoms. The van der Waals surface area contributed by atoms with E-state index < -0.39 is 0 Å². The lowest BCUT2D eigenvalue weighted by Gasteiger charge is -2.27. The van der Waals surface area contributed by atoms with Gasteiger partial charge in [0.15, 0.2) is 0 Å². The van der Waals surface area contributed by atoms with E-state index in [0.717, 1.165) is 45.9 Å². The number of urea groups is 1. The highest BCUT2D eigenvalue weighted by Gasteiger charge is 2.62. The zero-order valence-corrected chi connectivity index (χ0v) is 15.3. The molecule has 1 aliphatic carbocycles. The predicted molar refractivity (Wildman–Crippen MR) is 97.1 cm³/mol. The highest BCUT2D eigenvalue weighted by molar-refractivity contribution is 5.75. The molecule has 1 N–H and O–H groups in total. The molecule has 2 amide bonds. The van der Waals surface area contributed by atoms with Crippen molar-refractivity contribution in [2.45, 2.75) is 26.9 Å². The van der Waals surface area contributed by atoms with Crippen molar-refractivity contribution in [3.05, 3.63) is 35.4 Å². The van der Waals surface area contributed by atoms with Gasteiger partial charge in [0.05, 0.1) is 13.2 Å². The summed E-state index contributed by atoms with van der Waals surface area (Å²) in [4.78, 5) is 16.9. The number of morpholine rings is 1. The maximum Gasteiger partial charge on any atom is 0.317 e. The predicted octanol–water partition coefficient (Wildman–Crippen LogP) is 2.32. The molecule has 2 atom stereocenters. The molecular formula is C20H29N3O2. The van der Waals surface area contributed by atoms with E-state index in [2.05, 4.69) is 48.3 Å². The number of amides is 2. The van der Waals surface area contributed by atoms with Gasteiger partial charge in [0.25, 0.3) is 0 Å². The summed E-state index contributed by atoms with van der Waals surface area (Å²) in [7, 11) is 0. The number of piperidine rings is 1. The summed E-state index contributed by atoms with van der Waals surface area (Å²) in [5.41, 5.74) is 2.96. The van der Waals surface area contributed by atoms with E-state index in [-0.39, 0.29) is 6.03 Å². The maximum absolute atomic E-state index is 12.5. The number of rotatable bonds is 4. The summed E-state index contributed by atoms with van der Waals surface area (Å²) in [5.74, 6) is 1.40. The van der Waals surface area contributed by atoms with Gasteiger partial charge >= 0.3 is 6.03 Å². The van der Waals surface area contributed by atoms with Crippen LogP contribution in [0.5, 0.6) is 0 Å². The van der Waals surface area contributed by atoms with Gasteiger partial charge in [-0.25, -0.2) is 4.79 Å². The lowest BCUT2D eigenvalue weighted by Crippen LogP contribution is -2.40. The standard InChI is InChI=1S/C20H29N3O2/c1-20(2)17-13-23(14-18(17)20)19(24)21-11-15-5-3-4-6-16(15)12-22-7-9-25-10-8-22/h3-6,17-18H,7-14H2,1-2H3,(H,21,24)/t17-,18-/m1/s1. The van der Waals surface area contributed by atoms with Crippen molar-refractivity contribution in [3.8, 4) is 0 Å². The fraction of sp³-hybridized carbons (Fsp3) is 0.650. The SMILES string of the molecule is CC1(C)[C@@H]2CN(C(=O)NCc3ccccc3CN3CCOCC3)C[C@H]21. The molecule has 1 aromatic rings. The quantitative estimate of drug-likeness (QED) is 0.912. The molecule has 1 aromatic carbocycles. The van der Waals surface area contributed by atoms with E-state index in [4.69, 9.17) is 4.74 Å². The molecule has 4 rings (SSSR count). The molecule has 0 radical (unpaired) electrons. The van der Waals surface area contributed by atoms with Crippen molar-refractivity contribution in [2.24, 2.45) is 17.3 Å². The Hall–Kier alpha value is -1.59. The van der Waals surface area contributed by atoms with Crippen LogP contribution in [0.2, 0.25) is 0 Å². The smallest absolute Gasteiger partial charge is 0.317 e. The Balaban J connectivity index is 1.31. The Morgan fingerprint density at radius 2 is 1.80 bits per heavy atom. The van der Waals surface area contributed by atoms with E-state index >= 15 is 0 Å². The zero-order valence-electron chi connectivity index (χ0n) is 15.3. The van der Waals surface area contributed by atoms with Crippen molar-refractivity contribution in [1.29, 1.82) is 0 Å². The monoisotopic (exact) mass is 343 g/mol. The van der Waals surface area contributed by atoms with E-state index in [9.17, 15) is 4.79 Å². The van der Waals surface area contributed by atoms with Crippen molar-refractivity contribution in [1.82, 2.24) is 15.1 Å². The average Bonchev–Trinajstić information content (AvgIpc) is 2.98. The number of fused-ring (bicyclic) bond motifs is 1. The maximum atomic E-state index is 12.5. The molecule has 0 spiro atoms. The Kier molecular flexibility index (Phi) is 4.46. The second-order valence-electron chi connectivity index (χ2n) is 8.26. The highest BCUT2D eigenvalue weighted by atomic mass is 16.5. The van der Waals surface area contributed by atoms with Crippen LogP contribution in [0.3, 0.4) is 0 Å². The van der Waals surface area contributed by atoms with Gasteiger partial charge in [-0.05, 0) is 28.4 Å². The van der Waals surface area contributed by atoms with Crippen LogP contribution in [0.1, 0.15) is 25.0 Å². The van der Waals surface area contributed by atoms with Crippen LogP contribution in [0, 0.1) is 17.3 Å². The van der Waals surface area contributed by atoms with Crippen molar-refractivity contribution < 1.29 is 9.53 Å². The van der Waals surface area contributed by atoms with Gasteiger partial charge in [0.1, 0.15) is 0 Å². The van der Waals surface area contributed by atoms with Gasteiger partial charge in [0.2, 0.25) is 0 Å². The van der Waals surface area contributed by atoms with Crippen molar-refractivity contribution >= 4 is 6.03 Å². The number of likely N-dealkylation sites (tertiary alicyclic amines) is 1. The van der Waals surface area contributed by atoms with Crippen molar-refractivity contribution in [3.63, 3.8) is 0 Å². The zero-order chi connectivity index (χ0) is 17.4. The molecule has 2 aliphatic heterocycles. The third kappa shape index (κ3) is 3.40. The molecule has 136 valence electrons. The fourth-order valence-corrected chi connectivity index (χ4v) is 4.46. The lowest BCUT2D eigenvalue weighted by atomic mass is 10.1. The minimum atomic E-state index is 0.0872. The molecular weight excluding hydrogens is 314 g/mol. The normalized spacial score (nSPS) is 27.8. The largest absolute Gasteiger partial charge is 0.379 e. The Bertz CT molecular complexity index is 626. The summed E-state index contributed by atoms with van der Waals surface area (Å²) in [6.45, 7) is 11.6. The number of nitrogens with zero attached hydrogens (tertiary/aromatic N) is 2. The molecule has 1 saturated carbocycles. The number of ether oxygens (including phenoxy) is 1. The first kappa shape index (κ1) is 16.9. The Morgan fingerprint density at radius 1 is 1.16 bits per heavy atom. The Labute approximate surface area is 150 Å². The van der Waals surface area contributed by atoms with Gasteiger partial charge in [-0.3, -0.25) is 4.90 Å². The molecule has 0 aromatic heterocycles. The summed E-state index contributed by atoms with van der Waals surface area (Å²) in [6.07, 6.45) is 0. The fourth-order valence-electron chi connectivity index (χ4n) is 4.46. The minimum Gasteiger partial charge on any atom is -0.379 e. The van der Waals surface area contributed by atoms with Crippen LogP contribution in [0.4, 0.5) is 4.79 Å². The van der Waals surface area contributed by atoms with Gasteiger partial charge in [-0.2, -0.15) is 0 Å². The number of carbonyl (C=O) groups is 1. The first-order chi connectivity index (χ1) is 12.1. The third-order valence-electron chi connectivity index (χ3n) is 6.46. The van der Waals surface area contributed by atoms with Crippen molar-refractivity contribution in [2.75, 3.05) is 39.4 Å². The summed E-state index contributed by atoms with van der Waals surface area (Å²) in [6, 6.07) is 8.52. The van der Waals surface area contributed by atoms with Crippen LogP contribution in [-0.4, -0.2) is 55.2 Å². The summed E-state index contributed by atoms with van der Waals surface area (Å²) < 4.78 is 5.43. The van der Waals surface area contributed by atoms with Gasteiger partial charge in [-0.1, -0.05) is 38.1 Å². The molecule has 3 aliphatic rings. The molecule has 3 fully saturated rings. The topological polar surface area (TPSA) is 44.8 Å². The third-order valence-corrected chi connectivity index (χ3v) is 6.46. The van der Waals surface area contributed by atoms with Gasteiger partial charge in [0, 0.05) is 39.3 Å². The van der Waals surface area contributed by atoms with E-state index in [1.807, 2.05) is 4.90 Å². The second kappa shape index (κ2) is 6.61. The van der Waals surface area contributed by atoms with Crippen LogP contribution in [0.15, 0.2) is 24.3 Å². The molecule has 2 saturated heterocycles. The van der Waals surface area contributed by atoms with E-state index in [1.54, 1.807) is 0 Å². The van der Waals surface area contributed by atoms with Gasteiger partial charge < -0.3 is 15.0 Å². The minimum absolute atomic E-state index is 0.0872. The first-order valence-corrected chi connectivity index (χ1v) is 9.45. The molecule has 5 nitrogen and oxygen atoms in total. The number of hydrogen-bond donors (Lipinski definition) is 1. The molecule has 25 heavy (non-hydrogen) atoms. The second-order valence-corrected chi connectivity index (χ2v) is 8.26. The average molecular weight is 343 g/mol.